The van der Waals surface area contributed by atoms with Crippen molar-refractivity contribution in [1.29, 1.82) is 0 Å². The van der Waals surface area contributed by atoms with Gasteiger partial charge in [-0.25, -0.2) is 8.78 Å². The van der Waals surface area contributed by atoms with Gasteiger partial charge in [0.1, 0.15) is 18.2 Å². The maximum atomic E-state index is 13.5. The Bertz CT molecular complexity index is 658. The molecule has 2 atom stereocenters. The number of hydrogen-bond donors (Lipinski definition) is 0. The van der Waals surface area contributed by atoms with E-state index >= 15 is 0 Å². The molecule has 0 amide bonds. The Morgan fingerprint density at radius 3 is 2.26 bits per heavy atom. The number of allylic oxidation sites excluding steroid dienone is 1. The molecule has 0 N–H and O–H groups in total. The Balaban J connectivity index is 2.11. The van der Waals surface area contributed by atoms with Crippen LogP contribution in [0.1, 0.15) is 19.4 Å². The standard InChI is InChI=1S/C15H12Br2F4O2/c1-15(2)7(3-10(20)21)11(15)14(22)23-5-6-12(16)8(18)4-9(19)13(6)17/h3-4,7,11H,5H2,1-2H3/t7-,11+/m1/s1. The van der Waals surface area contributed by atoms with E-state index in [1.807, 2.05) is 0 Å². The lowest BCUT2D eigenvalue weighted by atomic mass is 10.1. The van der Waals surface area contributed by atoms with E-state index in [4.69, 9.17) is 4.74 Å². The Hall–Kier alpha value is -0.890. The molecule has 0 saturated heterocycles. The molecular formula is C15H12Br2F4O2. The zero-order valence-corrected chi connectivity index (χ0v) is 15.3. The first-order chi connectivity index (χ1) is 10.6. The van der Waals surface area contributed by atoms with E-state index in [0.717, 1.165) is 6.08 Å². The minimum atomic E-state index is -1.85. The highest BCUT2D eigenvalue weighted by molar-refractivity contribution is 9.11. The summed E-state index contributed by atoms with van der Waals surface area (Å²) in [5, 5.41) is 0. The molecule has 1 aliphatic rings. The maximum Gasteiger partial charge on any atom is 0.310 e. The number of carbonyl (C=O) groups excluding carboxylic acids is 1. The van der Waals surface area contributed by atoms with Gasteiger partial charge in [0.2, 0.25) is 0 Å². The predicted octanol–water partition coefficient (Wildman–Crippen LogP) is 5.59. The van der Waals surface area contributed by atoms with E-state index in [1.54, 1.807) is 13.8 Å². The Morgan fingerprint density at radius 1 is 1.26 bits per heavy atom. The molecule has 1 saturated carbocycles. The van der Waals surface area contributed by atoms with Crippen LogP contribution >= 0.6 is 31.9 Å². The van der Waals surface area contributed by atoms with Gasteiger partial charge < -0.3 is 4.74 Å². The summed E-state index contributed by atoms with van der Waals surface area (Å²) in [6, 6.07) is 0.689. The molecule has 0 spiro atoms. The lowest BCUT2D eigenvalue weighted by Gasteiger charge is -2.11. The van der Waals surface area contributed by atoms with E-state index in [0.29, 0.717) is 6.07 Å². The van der Waals surface area contributed by atoms with Crippen LogP contribution in [0.15, 0.2) is 27.2 Å². The third-order valence-electron chi connectivity index (χ3n) is 4.03. The first-order valence-corrected chi connectivity index (χ1v) is 8.17. The molecule has 1 aromatic rings. The first kappa shape index (κ1) is 18.4. The molecule has 0 radical (unpaired) electrons. The molecule has 23 heavy (non-hydrogen) atoms. The number of esters is 1. The number of rotatable bonds is 4. The van der Waals surface area contributed by atoms with Crippen molar-refractivity contribution in [2.24, 2.45) is 17.3 Å². The lowest BCUT2D eigenvalue weighted by Crippen LogP contribution is -2.11. The van der Waals surface area contributed by atoms with Crippen LogP contribution in [0.5, 0.6) is 0 Å². The third-order valence-corrected chi connectivity index (χ3v) is 5.75. The summed E-state index contributed by atoms with van der Waals surface area (Å²) >= 11 is 5.93. The Labute approximate surface area is 147 Å². The highest BCUT2D eigenvalue weighted by atomic mass is 79.9. The van der Waals surface area contributed by atoms with Crippen molar-refractivity contribution in [3.63, 3.8) is 0 Å². The van der Waals surface area contributed by atoms with Crippen molar-refractivity contribution >= 4 is 37.8 Å². The van der Waals surface area contributed by atoms with Gasteiger partial charge in [-0.1, -0.05) is 13.8 Å². The second kappa shape index (κ2) is 6.55. The molecule has 126 valence electrons. The van der Waals surface area contributed by atoms with Gasteiger partial charge >= 0.3 is 5.97 Å². The van der Waals surface area contributed by atoms with Gasteiger partial charge in [-0.15, -0.1) is 0 Å². The van der Waals surface area contributed by atoms with E-state index < -0.39 is 40.9 Å². The zero-order valence-electron chi connectivity index (χ0n) is 12.1. The summed E-state index contributed by atoms with van der Waals surface area (Å²) in [4.78, 5) is 12.1. The monoisotopic (exact) mass is 458 g/mol. The van der Waals surface area contributed by atoms with Crippen molar-refractivity contribution in [3.05, 3.63) is 44.4 Å². The zero-order chi connectivity index (χ0) is 17.5. The fourth-order valence-electron chi connectivity index (χ4n) is 2.56. The average molecular weight is 460 g/mol. The average Bonchev–Trinajstić information content (AvgIpc) is 2.96. The normalized spacial score (nSPS) is 21.7. The van der Waals surface area contributed by atoms with Crippen LogP contribution in [0.3, 0.4) is 0 Å². The molecule has 1 aromatic carbocycles. The number of carbonyl (C=O) groups is 1. The number of halogens is 6. The Morgan fingerprint density at radius 2 is 1.78 bits per heavy atom. The minimum absolute atomic E-state index is 0.0279. The summed E-state index contributed by atoms with van der Waals surface area (Å²) in [7, 11) is 0. The fraction of sp³-hybridized carbons (Fsp3) is 0.400. The molecule has 0 heterocycles. The molecule has 0 aromatic heterocycles. The van der Waals surface area contributed by atoms with E-state index in [1.165, 1.54) is 0 Å². The van der Waals surface area contributed by atoms with Crippen LogP contribution in [0, 0.1) is 28.9 Å². The van der Waals surface area contributed by atoms with E-state index in [2.05, 4.69) is 31.9 Å². The van der Waals surface area contributed by atoms with Crippen LogP contribution in [-0.4, -0.2) is 5.97 Å². The molecule has 1 aliphatic carbocycles. The first-order valence-electron chi connectivity index (χ1n) is 6.58. The molecule has 8 heteroatoms. The molecule has 0 aliphatic heterocycles. The molecular weight excluding hydrogens is 448 g/mol. The fourth-order valence-corrected chi connectivity index (χ4v) is 3.68. The second-order valence-electron chi connectivity index (χ2n) is 5.84. The van der Waals surface area contributed by atoms with Gasteiger partial charge in [-0.3, -0.25) is 4.79 Å². The number of ether oxygens (including phenoxy) is 1. The minimum Gasteiger partial charge on any atom is -0.460 e. The van der Waals surface area contributed by atoms with Gasteiger partial charge in [0.15, 0.2) is 0 Å². The van der Waals surface area contributed by atoms with Crippen molar-refractivity contribution < 1.29 is 27.1 Å². The quantitative estimate of drug-likeness (QED) is 0.333. The van der Waals surface area contributed by atoms with Crippen LogP contribution in [0.2, 0.25) is 0 Å². The summed E-state index contributed by atoms with van der Waals surface area (Å²) in [5.74, 6) is -3.66. The van der Waals surface area contributed by atoms with Crippen LogP contribution in [0.4, 0.5) is 17.6 Å². The SMILES string of the molecule is CC1(C)[C@H](C=C(F)F)[C@H]1C(=O)OCc1c(Br)c(F)cc(F)c1Br. The second-order valence-corrected chi connectivity index (χ2v) is 7.42. The highest BCUT2D eigenvalue weighted by Gasteiger charge is 2.62. The van der Waals surface area contributed by atoms with E-state index in [9.17, 15) is 22.4 Å². The van der Waals surface area contributed by atoms with Gasteiger partial charge in [0, 0.05) is 17.5 Å². The lowest BCUT2D eigenvalue weighted by molar-refractivity contribution is -0.147. The molecule has 1 fully saturated rings. The number of benzene rings is 1. The molecule has 2 nitrogen and oxygen atoms in total. The van der Waals surface area contributed by atoms with Crippen LogP contribution in [0.25, 0.3) is 0 Å². The predicted molar refractivity (Wildman–Crippen MR) is 82.6 cm³/mol. The van der Waals surface area contributed by atoms with Crippen molar-refractivity contribution in [2.75, 3.05) is 0 Å². The Kier molecular flexibility index (Phi) is 5.25. The molecule has 2 rings (SSSR count). The summed E-state index contributed by atoms with van der Waals surface area (Å²) in [6.07, 6.45) is -1.12. The molecule has 0 unspecified atom stereocenters. The van der Waals surface area contributed by atoms with Crippen LogP contribution < -0.4 is 0 Å². The third kappa shape index (κ3) is 3.63. The summed E-state index contributed by atoms with van der Waals surface area (Å²) < 4.78 is 56.7. The van der Waals surface area contributed by atoms with Crippen molar-refractivity contribution in [2.45, 2.75) is 20.5 Å². The molecule has 0 bridgehead atoms. The summed E-state index contributed by atoms with van der Waals surface area (Å²) in [6.45, 7) is 2.98. The van der Waals surface area contributed by atoms with Crippen LogP contribution in [-0.2, 0) is 16.1 Å². The maximum absolute atomic E-state index is 13.5. The van der Waals surface area contributed by atoms with E-state index in [-0.39, 0.29) is 21.1 Å². The number of hydrogen-bond acceptors (Lipinski definition) is 2. The topological polar surface area (TPSA) is 26.3 Å². The highest BCUT2D eigenvalue weighted by Crippen LogP contribution is 2.60. The van der Waals surface area contributed by atoms with Gasteiger partial charge in [0.25, 0.3) is 6.08 Å². The van der Waals surface area contributed by atoms with Gasteiger partial charge in [0.05, 0.1) is 14.9 Å². The summed E-state index contributed by atoms with van der Waals surface area (Å²) in [5.41, 5.74) is -0.541. The largest absolute Gasteiger partial charge is 0.460 e. The van der Waals surface area contributed by atoms with Crippen molar-refractivity contribution in [1.82, 2.24) is 0 Å². The van der Waals surface area contributed by atoms with Gasteiger partial charge in [-0.2, -0.15) is 8.78 Å². The van der Waals surface area contributed by atoms with Gasteiger partial charge in [-0.05, 0) is 43.4 Å². The van der Waals surface area contributed by atoms with Crippen molar-refractivity contribution in [3.8, 4) is 0 Å². The smallest absolute Gasteiger partial charge is 0.310 e.